The van der Waals surface area contributed by atoms with E-state index in [2.05, 4.69) is 73.9 Å². The standard InChI is InChI=1S/C32H24Br4N6O8S2/c33-19-9-13(10-20(34)23(19)31(51(45,46)47)17-7-3-1-5-15(17)25(37)27(41-39)29(31)43)14-11-21(35)24(22(36)12-14)32(52(48,49)50)18-8-4-2-6-16(18)26(38)28(42-40)30(32)44/h1-12,29-30,37-38,43-44H,39-40H2,(H,45,46,47)(H,48,49,50)/b37-25?,38-26?,41-27-,42-28+. The summed E-state index contributed by atoms with van der Waals surface area (Å²) >= 11 is 13.7. The van der Waals surface area contributed by atoms with Crippen molar-refractivity contribution in [3.63, 3.8) is 0 Å². The lowest BCUT2D eigenvalue weighted by Gasteiger charge is -2.42. The zero-order valence-corrected chi connectivity index (χ0v) is 33.9. The summed E-state index contributed by atoms with van der Waals surface area (Å²) in [6.07, 6.45) is -4.28. The molecule has 6 rings (SSSR count). The molecule has 4 aromatic carbocycles. The van der Waals surface area contributed by atoms with Crippen LogP contribution in [0.4, 0.5) is 0 Å². The van der Waals surface area contributed by atoms with E-state index in [1.54, 1.807) is 12.1 Å². The highest BCUT2D eigenvalue weighted by Crippen LogP contribution is 2.54. The van der Waals surface area contributed by atoms with Gasteiger partial charge in [0.25, 0.3) is 20.2 Å². The van der Waals surface area contributed by atoms with E-state index < -0.39 is 53.4 Å². The normalized spacial score (nSPS) is 24.9. The van der Waals surface area contributed by atoms with Gasteiger partial charge in [-0.3, -0.25) is 19.9 Å². The van der Waals surface area contributed by atoms with Crippen LogP contribution in [0, 0.1) is 10.8 Å². The summed E-state index contributed by atoms with van der Waals surface area (Å²) in [5, 5.41) is 47.4. The van der Waals surface area contributed by atoms with E-state index in [1.807, 2.05) is 0 Å². The van der Waals surface area contributed by atoms with Gasteiger partial charge in [-0.25, -0.2) is 0 Å². The van der Waals surface area contributed by atoms with Crippen molar-refractivity contribution < 1.29 is 36.2 Å². The zero-order valence-electron chi connectivity index (χ0n) is 25.9. The summed E-state index contributed by atoms with van der Waals surface area (Å²) in [7, 11) is -10.6. The smallest absolute Gasteiger partial charge is 0.282 e. The number of halogens is 4. The number of benzene rings is 4. The van der Waals surface area contributed by atoms with Crippen molar-refractivity contribution in [1.29, 1.82) is 10.8 Å². The van der Waals surface area contributed by atoms with Crippen molar-refractivity contribution in [2.24, 2.45) is 21.9 Å². The fourth-order valence-electron chi connectivity index (χ4n) is 7.10. The van der Waals surface area contributed by atoms with E-state index in [9.17, 15) is 36.2 Å². The molecule has 10 N–H and O–H groups in total. The average Bonchev–Trinajstić information content (AvgIpc) is 3.06. The van der Waals surface area contributed by atoms with Crippen LogP contribution in [-0.4, -0.2) is 71.2 Å². The minimum atomic E-state index is -5.28. The SMILES string of the molecule is N=C1/C(=N/N)C(O)C(c2c(Br)cc(-c3cc(Br)c(C4(S(=O)(=O)O)c5ccccc5C(=N)/C(=N\N)C4O)c(Br)c3)cc2Br)(S(=O)(=O)O)c2ccccc21. The molecule has 270 valence electrons. The Labute approximate surface area is 330 Å². The topological polar surface area (TPSA) is 274 Å². The largest absolute Gasteiger partial charge is 0.384 e. The van der Waals surface area contributed by atoms with Gasteiger partial charge in [0.2, 0.25) is 0 Å². The second kappa shape index (κ2) is 13.3. The summed E-state index contributed by atoms with van der Waals surface area (Å²) in [4.78, 5) is 0. The second-order valence-electron chi connectivity index (χ2n) is 11.7. The number of nitrogens with one attached hydrogen (secondary N) is 2. The number of hydrazone groups is 2. The molecule has 20 heteroatoms. The van der Waals surface area contributed by atoms with Gasteiger partial charge < -0.3 is 21.9 Å². The van der Waals surface area contributed by atoms with Gasteiger partial charge >= 0.3 is 0 Å². The monoisotopic (exact) mass is 1000 g/mol. The van der Waals surface area contributed by atoms with Crippen LogP contribution in [0.15, 0.2) is 101 Å². The van der Waals surface area contributed by atoms with E-state index in [4.69, 9.17) is 22.5 Å². The first kappa shape index (κ1) is 38.5. The molecule has 14 nitrogen and oxygen atoms in total. The molecule has 4 aromatic rings. The second-order valence-corrected chi connectivity index (χ2v) is 18.3. The molecule has 0 aliphatic heterocycles. The lowest BCUT2D eigenvalue weighted by Crippen LogP contribution is -2.57. The van der Waals surface area contributed by atoms with Crippen molar-refractivity contribution in [2.75, 3.05) is 0 Å². The van der Waals surface area contributed by atoms with Crippen LogP contribution in [0.25, 0.3) is 11.1 Å². The third kappa shape index (κ3) is 5.25. The molecule has 0 spiro atoms. The summed E-state index contributed by atoms with van der Waals surface area (Å²) in [6, 6.07) is 17.6. The van der Waals surface area contributed by atoms with Crippen LogP contribution in [0.1, 0.15) is 33.4 Å². The molecule has 2 aliphatic carbocycles. The van der Waals surface area contributed by atoms with Gasteiger partial charge in [0, 0.05) is 40.1 Å². The fraction of sp³-hybridized carbons (Fsp3) is 0.125. The molecule has 0 radical (unpaired) electrons. The number of hydrogen-bond donors (Lipinski definition) is 8. The Morgan fingerprint density at radius 3 is 1.15 bits per heavy atom. The molecular formula is C32H24Br4N6O8S2. The molecule has 0 amide bonds. The first-order chi connectivity index (χ1) is 24.3. The highest BCUT2D eigenvalue weighted by Gasteiger charge is 2.62. The summed E-state index contributed by atoms with van der Waals surface area (Å²) in [6.45, 7) is 0. The van der Waals surface area contributed by atoms with Crippen molar-refractivity contribution in [3.05, 3.63) is 124 Å². The summed E-state index contributed by atoms with van der Waals surface area (Å²) in [5.74, 6) is 11.1. The lowest BCUT2D eigenvalue weighted by molar-refractivity contribution is 0.195. The maximum absolute atomic E-state index is 13.5. The van der Waals surface area contributed by atoms with E-state index in [0.717, 1.165) is 0 Å². The van der Waals surface area contributed by atoms with Crippen LogP contribution in [0.3, 0.4) is 0 Å². The maximum atomic E-state index is 13.5. The van der Waals surface area contributed by atoms with Gasteiger partial charge in [0.1, 0.15) is 23.6 Å². The maximum Gasteiger partial charge on any atom is 0.282 e. The number of hydrogen-bond acceptors (Lipinski definition) is 12. The number of aliphatic hydroxyl groups excluding tert-OH is 2. The molecule has 4 unspecified atom stereocenters. The number of rotatable bonds is 5. The first-order valence-corrected chi connectivity index (χ1v) is 20.6. The molecule has 0 fully saturated rings. The zero-order chi connectivity index (χ0) is 38.3. The van der Waals surface area contributed by atoms with Gasteiger partial charge in [0.05, 0.1) is 11.4 Å². The Bertz CT molecular complexity index is 2330. The Hall–Kier alpha value is -3.18. The van der Waals surface area contributed by atoms with Crippen LogP contribution < -0.4 is 11.7 Å². The molecule has 0 saturated heterocycles. The molecular weight excluding hydrogens is 980 g/mol. The third-order valence-corrected chi connectivity index (χ3v) is 14.7. The lowest BCUT2D eigenvalue weighted by atomic mass is 9.73. The minimum absolute atomic E-state index is 0.0539. The highest BCUT2D eigenvalue weighted by molar-refractivity contribution is 9.11. The van der Waals surface area contributed by atoms with Crippen molar-refractivity contribution in [2.45, 2.75) is 21.7 Å². The molecule has 0 saturated carbocycles. The highest BCUT2D eigenvalue weighted by atomic mass is 79.9. The Kier molecular flexibility index (Phi) is 9.85. The van der Waals surface area contributed by atoms with Crippen LogP contribution in [0.5, 0.6) is 0 Å². The quantitative estimate of drug-likeness (QED) is 0.0770. The third-order valence-electron chi connectivity index (χ3n) is 9.25. The molecule has 2 aliphatic rings. The van der Waals surface area contributed by atoms with Gasteiger partial charge in [0.15, 0.2) is 9.49 Å². The molecule has 52 heavy (non-hydrogen) atoms. The Morgan fingerprint density at radius 1 is 0.596 bits per heavy atom. The number of fused-ring (bicyclic) bond motifs is 2. The van der Waals surface area contributed by atoms with Gasteiger partial charge in [-0.1, -0.05) is 112 Å². The minimum Gasteiger partial charge on any atom is -0.384 e. The molecule has 0 aromatic heterocycles. The predicted molar refractivity (Wildman–Crippen MR) is 209 cm³/mol. The summed E-state index contributed by atoms with van der Waals surface area (Å²) < 4.78 is 71.0. The average molecular weight is 1000 g/mol. The first-order valence-electron chi connectivity index (χ1n) is 14.5. The predicted octanol–water partition coefficient (Wildman–Crippen LogP) is 4.78. The summed E-state index contributed by atoms with van der Waals surface area (Å²) in [5.41, 5.74) is -1.28. The van der Waals surface area contributed by atoms with Gasteiger partial charge in [-0.2, -0.15) is 27.0 Å². The van der Waals surface area contributed by atoms with Gasteiger partial charge in [-0.15, -0.1) is 0 Å². The number of aliphatic hydroxyl groups is 2. The van der Waals surface area contributed by atoms with Crippen molar-refractivity contribution in [3.8, 4) is 11.1 Å². The number of nitrogens with zero attached hydrogens (tertiary/aromatic N) is 2. The van der Waals surface area contributed by atoms with E-state index in [1.165, 1.54) is 60.7 Å². The Balaban J connectivity index is 1.61. The van der Waals surface area contributed by atoms with E-state index in [0.29, 0.717) is 11.1 Å². The fourth-order valence-corrected chi connectivity index (χ4v) is 13.9. The van der Waals surface area contributed by atoms with Crippen LogP contribution >= 0.6 is 63.7 Å². The molecule has 4 atom stereocenters. The van der Waals surface area contributed by atoms with Crippen molar-refractivity contribution in [1.82, 2.24) is 0 Å². The van der Waals surface area contributed by atoms with Crippen molar-refractivity contribution >= 4 is 107 Å². The Morgan fingerprint density at radius 2 is 0.885 bits per heavy atom. The number of nitrogens with two attached hydrogens (primary N) is 2. The van der Waals surface area contributed by atoms with E-state index in [-0.39, 0.29) is 62.7 Å². The van der Waals surface area contributed by atoms with Crippen LogP contribution in [-0.2, 0) is 29.7 Å². The van der Waals surface area contributed by atoms with Crippen LogP contribution in [0.2, 0.25) is 0 Å². The molecule has 0 heterocycles. The van der Waals surface area contributed by atoms with E-state index >= 15 is 0 Å². The molecule has 0 bridgehead atoms. The van der Waals surface area contributed by atoms with Gasteiger partial charge in [-0.05, 0) is 46.5 Å².